The highest BCUT2D eigenvalue weighted by Crippen LogP contribution is 2.31. The van der Waals surface area contributed by atoms with E-state index in [0.29, 0.717) is 30.9 Å². The van der Waals surface area contributed by atoms with Crippen molar-refractivity contribution in [1.82, 2.24) is 15.5 Å². The van der Waals surface area contributed by atoms with E-state index in [-0.39, 0.29) is 35.8 Å². The molecule has 1 saturated heterocycles. The summed E-state index contributed by atoms with van der Waals surface area (Å²) in [6, 6.07) is 5.54. The van der Waals surface area contributed by atoms with Crippen molar-refractivity contribution >= 4 is 35.8 Å². The normalized spacial score (nSPS) is 16.6. The van der Waals surface area contributed by atoms with Crippen LogP contribution in [0.15, 0.2) is 29.3 Å². The minimum absolute atomic E-state index is 0. The highest BCUT2D eigenvalue weighted by Gasteiger charge is 2.30. The molecular weight excluding hydrogens is 508 g/mol. The predicted molar refractivity (Wildman–Crippen MR) is 124 cm³/mol. The van der Waals surface area contributed by atoms with Crippen LogP contribution >= 0.6 is 24.0 Å². The lowest BCUT2D eigenvalue weighted by Gasteiger charge is -2.34. The Morgan fingerprint density at radius 3 is 2.53 bits per heavy atom. The first-order valence-corrected chi connectivity index (χ1v) is 10.1. The molecule has 0 aliphatic carbocycles. The van der Waals surface area contributed by atoms with Gasteiger partial charge in [0, 0.05) is 40.2 Å². The number of hydrogen-bond acceptors (Lipinski definition) is 2. The molecule has 1 aliphatic rings. The Morgan fingerprint density at radius 2 is 1.97 bits per heavy atom. The van der Waals surface area contributed by atoms with E-state index in [9.17, 15) is 18.0 Å². The van der Waals surface area contributed by atoms with Gasteiger partial charge < -0.3 is 15.5 Å². The number of aliphatic imine (C=N–C) groups is 1. The molecule has 1 heterocycles. The van der Waals surface area contributed by atoms with E-state index in [2.05, 4.69) is 20.5 Å². The Bertz CT molecular complexity index is 704. The van der Waals surface area contributed by atoms with Gasteiger partial charge in [0.1, 0.15) is 0 Å². The molecule has 0 spiro atoms. The Morgan fingerprint density at radius 1 is 1.30 bits per heavy atom. The number of hydrogen-bond donors (Lipinski definition) is 2. The van der Waals surface area contributed by atoms with Gasteiger partial charge in [-0.05, 0) is 42.7 Å². The summed E-state index contributed by atoms with van der Waals surface area (Å²) in [5.74, 6) is 1.28. The first kappa shape index (κ1) is 26.5. The average molecular weight is 540 g/mol. The molecule has 5 nitrogen and oxygen atoms in total. The highest BCUT2D eigenvalue weighted by atomic mass is 127. The van der Waals surface area contributed by atoms with Crippen LogP contribution in [0, 0.1) is 5.92 Å². The van der Waals surface area contributed by atoms with Crippen molar-refractivity contribution in [3.63, 3.8) is 0 Å². The molecule has 2 N–H and O–H groups in total. The second-order valence-electron chi connectivity index (χ2n) is 7.59. The summed E-state index contributed by atoms with van der Waals surface area (Å²) in [6.45, 7) is 4.24. The fraction of sp³-hybridized carbons (Fsp3) is 0.619. The molecule has 1 atom stereocenters. The maximum absolute atomic E-state index is 12.9. The number of likely N-dealkylation sites (tertiary alicyclic amines) is 1. The first-order chi connectivity index (χ1) is 13.7. The van der Waals surface area contributed by atoms with Crippen LogP contribution in [0.1, 0.15) is 49.7 Å². The molecule has 9 heteroatoms. The average Bonchev–Trinajstić information content (AvgIpc) is 2.71. The third-order valence-corrected chi connectivity index (χ3v) is 5.52. The number of nitrogens with one attached hydrogen (secondary N) is 2. The van der Waals surface area contributed by atoms with Crippen molar-refractivity contribution in [2.45, 2.75) is 44.7 Å². The second-order valence-corrected chi connectivity index (χ2v) is 7.59. The molecule has 1 fully saturated rings. The molecule has 1 aliphatic heterocycles. The Hall–Kier alpha value is -1.52. The summed E-state index contributed by atoms with van der Waals surface area (Å²) in [5, 5.41) is 6.00. The Labute approximate surface area is 193 Å². The van der Waals surface area contributed by atoms with Gasteiger partial charge in [-0.1, -0.05) is 25.1 Å². The van der Waals surface area contributed by atoms with Gasteiger partial charge in [-0.15, -0.1) is 24.0 Å². The molecule has 0 saturated carbocycles. The fourth-order valence-corrected chi connectivity index (χ4v) is 3.63. The molecule has 30 heavy (non-hydrogen) atoms. The lowest BCUT2D eigenvalue weighted by Crippen LogP contribution is -2.46. The molecule has 0 bridgehead atoms. The topological polar surface area (TPSA) is 56.7 Å². The highest BCUT2D eigenvalue weighted by molar-refractivity contribution is 14.0. The lowest BCUT2D eigenvalue weighted by molar-refractivity contribution is -0.137. The zero-order valence-electron chi connectivity index (χ0n) is 17.8. The molecule has 1 unspecified atom stereocenters. The molecule has 170 valence electrons. The van der Waals surface area contributed by atoms with Gasteiger partial charge in [0.15, 0.2) is 5.96 Å². The monoisotopic (exact) mass is 540 g/mol. The van der Waals surface area contributed by atoms with E-state index in [4.69, 9.17) is 0 Å². The molecule has 1 aromatic carbocycles. The number of benzene rings is 1. The fourth-order valence-electron chi connectivity index (χ4n) is 3.63. The van der Waals surface area contributed by atoms with Crippen molar-refractivity contribution in [2.24, 2.45) is 10.9 Å². The minimum Gasteiger partial charge on any atom is -0.359 e. The van der Waals surface area contributed by atoms with Crippen molar-refractivity contribution in [3.8, 4) is 0 Å². The Balaban J connectivity index is 0.00000450. The van der Waals surface area contributed by atoms with Crippen LogP contribution in [0.3, 0.4) is 0 Å². The quantitative estimate of drug-likeness (QED) is 0.323. The van der Waals surface area contributed by atoms with Gasteiger partial charge >= 0.3 is 6.18 Å². The minimum atomic E-state index is -4.32. The van der Waals surface area contributed by atoms with Crippen LogP contribution in [0.5, 0.6) is 0 Å². The van der Waals surface area contributed by atoms with Crippen molar-refractivity contribution < 1.29 is 18.0 Å². The number of nitrogens with zero attached hydrogens (tertiary/aromatic N) is 2. The van der Waals surface area contributed by atoms with Gasteiger partial charge in [-0.2, -0.15) is 13.2 Å². The van der Waals surface area contributed by atoms with E-state index in [1.165, 1.54) is 12.1 Å². The number of amides is 1. The standard InChI is InChI=1S/C21H31F3N4O.HI/c1-15(17-5-4-6-18(14-17)21(22,23)24)7-10-27-20(26-3)28-11-8-16(9-12-28)13-19(29)25-2;/h4-6,14-16H,7-13H2,1-3H3,(H,25,29)(H,26,27);1H. The number of halogens is 4. The largest absolute Gasteiger partial charge is 0.416 e. The summed E-state index contributed by atoms with van der Waals surface area (Å²) >= 11 is 0. The van der Waals surface area contributed by atoms with Crippen molar-refractivity contribution in [1.29, 1.82) is 0 Å². The zero-order chi connectivity index (χ0) is 21.4. The van der Waals surface area contributed by atoms with Gasteiger partial charge in [-0.25, -0.2) is 0 Å². The number of carbonyl (C=O) groups is 1. The lowest BCUT2D eigenvalue weighted by atomic mass is 9.93. The molecule has 1 aromatic rings. The number of alkyl halides is 3. The van der Waals surface area contributed by atoms with E-state index < -0.39 is 11.7 Å². The van der Waals surface area contributed by atoms with Crippen LogP contribution in [0.25, 0.3) is 0 Å². The number of rotatable bonds is 6. The number of guanidine groups is 1. The third-order valence-electron chi connectivity index (χ3n) is 5.52. The summed E-state index contributed by atoms with van der Waals surface area (Å²) in [4.78, 5) is 18.0. The Kier molecular flexibility index (Phi) is 10.9. The van der Waals surface area contributed by atoms with Gasteiger partial charge in [0.2, 0.25) is 5.91 Å². The van der Waals surface area contributed by atoms with Gasteiger partial charge in [-0.3, -0.25) is 9.79 Å². The maximum atomic E-state index is 12.9. The molecule has 0 aromatic heterocycles. The van der Waals surface area contributed by atoms with E-state index >= 15 is 0 Å². The molecule has 2 rings (SSSR count). The summed E-state index contributed by atoms with van der Waals surface area (Å²) in [6.07, 6.45) is -1.18. The van der Waals surface area contributed by atoms with E-state index in [0.717, 1.165) is 38.0 Å². The van der Waals surface area contributed by atoms with Crippen molar-refractivity contribution in [2.75, 3.05) is 33.7 Å². The third kappa shape index (κ3) is 7.96. The molecular formula is C21H32F3IN4O. The first-order valence-electron chi connectivity index (χ1n) is 10.1. The van der Waals surface area contributed by atoms with Crippen LogP contribution in [-0.2, 0) is 11.0 Å². The predicted octanol–water partition coefficient (Wildman–Crippen LogP) is 4.24. The smallest absolute Gasteiger partial charge is 0.359 e. The molecule has 0 radical (unpaired) electrons. The maximum Gasteiger partial charge on any atom is 0.416 e. The van der Waals surface area contributed by atoms with Crippen LogP contribution in [0.4, 0.5) is 13.2 Å². The van der Waals surface area contributed by atoms with E-state index in [1.807, 2.05) is 6.92 Å². The number of piperidine rings is 1. The SMILES string of the molecule is CN=C(NCCC(C)c1cccc(C(F)(F)F)c1)N1CCC(CC(=O)NC)CC1.I. The summed E-state index contributed by atoms with van der Waals surface area (Å²) in [5.41, 5.74) is 0.0804. The van der Waals surface area contributed by atoms with E-state index in [1.54, 1.807) is 20.2 Å². The molecule has 1 amide bonds. The summed E-state index contributed by atoms with van der Waals surface area (Å²) < 4.78 is 38.7. The second kappa shape index (κ2) is 12.4. The zero-order valence-corrected chi connectivity index (χ0v) is 20.1. The number of carbonyl (C=O) groups excluding carboxylic acids is 1. The summed E-state index contributed by atoms with van der Waals surface area (Å²) in [7, 11) is 3.39. The van der Waals surface area contributed by atoms with Crippen LogP contribution in [0.2, 0.25) is 0 Å². The van der Waals surface area contributed by atoms with Gasteiger partial charge in [0.25, 0.3) is 0 Å². The van der Waals surface area contributed by atoms with Crippen molar-refractivity contribution in [3.05, 3.63) is 35.4 Å². The van der Waals surface area contributed by atoms with Gasteiger partial charge in [0.05, 0.1) is 5.56 Å². The van der Waals surface area contributed by atoms with Crippen LogP contribution < -0.4 is 10.6 Å². The van der Waals surface area contributed by atoms with Crippen LogP contribution in [-0.4, -0.2) is 50.5 Å².